The summed E-state index contributed by atoms with van der Waals surface area (Å²) in [4.78, 5) is 21.7. The monoisotopic (exact) mass is 549 g/mol. The van der Waals surface area contributed by atoms with Crippen LogP contribution < -0.4 is 14.8 Å². The van der Waals surface area contributed by atoms with E-state index >= 15 is 0 Å². The molecular formula is C25H29Cl2N5O3S. The summed E-state index contributed by atoms with van der Waals surface area (Å²) in [5.41, 5.74) is 2.20. The Kier molecular flexibility index (Phi) is 9.30. The molecule has 0 bridgehead atoms. The quantitative estimate of drug-likeness (QED) is 0.382. The number of aromatic nitrogens is 2. The number of anilines is 1. The van der Waals surface area contributed by atoms with Gasteiger partial charge in [-0.25, -0.2) is 8.51 Å². The standard InChI is InChI=1S/C25H29Cl2N5O3S/c1-25(2,23(33)31-36(34)32(3)4)18-8-6-7-17(13-18)21-15-22(30-24(29-21)35-5)28-12-11-16-9-10-19(26)14-20(16)27/h6-10,13-15H,11-12H2,1-5H3,(H,31,33)(H,28,29,30). The fraction of sp³-hybridized carbons (Fsp3) is 0.320. The molecule has 0 aliphatic rings. The third-order valence-corrected chi connectivity index (χ3v) is 7.17. The molecule has 0 saturated carbocycles. The summed E-state index contributed by atoms with van der Waals surface area (Å²) in [6, 6.07) is 14.9. The molecule has 0 saturated heterocycles. The first kappa shape index (κ1) is 27.9. The molecule has 1 aromatic heterocycles. The van der Waals surface area contributed by atoms with Gasteiger partial charge in [-0.3, -0.25) is 9.52 Å². The zero-order valence-corrected chi connectivity index (χ0v) is 23.1. The van der Waals surface area contributed by atoms with Crippen LogP contribution in [0.2, 0.25) is 10.0 Å². The van der Waals surface area contributed by atoms with Crippen LogP contribution in [0.15, 0.2) is 48.5 Å². The highest BCUT2D eigenvalue weighted by Gasteiger charge is 2.31. The van der Waals surface area contributed by atoms with E-state index in [1.54, 1.807) is 34.0 Å². The van der Waals surface area contributed by atoms with Gasteiger partial charge in [0.1, 0.15) is 5.82 Å². The zero-order chi connectivity index (χ0) is 26.5. The number of ether oxygens (including phenoxy) is 1. The molecule has 0 radical (unpaired) electrons. The van der Waals surface area contributed by atoms with Crippen LogP contribution in [-0.2, 0) is 27.8 Å². The number of hydrogen-bond donors (Lipinski definition) is 2. The largest absolute Gasteiger partial charge is 0.467 e. The number of benzene rings is 2. The highest BCUT2D eigenvalue weighted by atomic mass is 35.5. The number of methoxy groups -OCH3 is 1. The maximum Gasteiger partial charge on any atom is 0.318 e. The fourth-order valence-electron chi connectivity index (χ4n) is 3.30. The highest BCUT2D eigenvalue weighted by molar-refractivity contribution is 7.81. The molecule has 1 amide bonds. The van der Waals surface area contributed by atoms with Crippen LogP contribution in [-0.4, -0.2) is 52.1 Å². The normalized spacial score (nSPS) is 12.3. The molecule has 0 aliphatic heterocycles. The van der Waals surface area contributed by atoms with Gasteiger partial charge in [0.2, 0.25) is 5.91 Å². The van der Waals surface area contributed by atoms with E-state index in [1.165, 1.54) is 11.4 Å². The first-order chi connectivity index (χ1) is 17.0. The molecule has 192 valence electrons. The van der Waals surface area contributed by atoms with E-state index in [1.807, 2.05) is 42.5 Å². The Hall–Kier alpha value is -2.72. The number of carbonyl (C=O) groups excluding carboxylic acids is 1. The molecule has 3 aromatic rings. The van der Waals surface area contributed by atoms with Crippen molar-refractivity contribution in [2.75, 3.05) is 33.1 Å². The van der Waals surface area contributed by atoms with Crippen LogP contribution in [0.1, 0.15) is 25.0 Å². The van der Waals surface area contributed by atoms with Gasteiger partial charge in [0.05, 0.1) is 18.2 Å². The summed E-state index contributed by atoms with van der Waals surface area (Å²) in [7, 11) is 4.76. The average molecular weight is 551 g/mol. The lowest BCUT2D eigenvalue weighted by Crippen LogP contribution is -2.44. The third-order valence-electron chi connectivity index (χ3n) is 5.56. The Morgan fingerprint density at radius 3 is 2.53 bits per heavy atom. The molecule has 0 fully saturated rings. The van der Waals surface area contributed by atoms with Crippen LogP contribution in [0, 0.1) is 0 Å². The fourth-order valence-corrected chi connectivity index (χ4v) is 4.40. The van der Waals surface area contributed by atoms with Gasteiger partial charge >= 0.3 is 6.01 Å². The van der Waals surface area contributed by atoms with Gasteiger partial charge in [0.25, 0.3) is 0 Å². The van der Waals surface area contributed by atoms with Gasteiger partial charge in [0, 0.05) is 42.3 Å². The number of halogens is 2. The van der Waals surface area contributed by atoms with Crippen molar-refractivity contribution < 1.29 is 13.7 Å². The van der Waals surface area contributed by atoms with E-state index < -0.39 is 16.6 Å². The van der Waals surface area contributed by atoms with Gasteiger partial charge in [0.15, 0.2) is 11.2 Å². The second-order valence-electron chi connectivity index (χ2n) is 8.74. The van der Waals surface area contributed by atoms with Gasteiger partial charge in [-0.1, -0.05) is 47.5 Å². The molecule has 36 heavy (non-hydrogen) atoms. The summed E-state index contributed by atoms with van der Waals surface area (Å²) in [5.74, 6) is 0.237. The number of hydrogen-bond acceptors (Lipinski definition) is 6. The molecule has 8 nitrogen and oxygen atoms in total. The van der Waals surface area contributed by atoms with Crippen molar-refractivity contribution in [1.82, 2.24) is 19.0 Å². The Morgan fingerprint density at radius 1 is 1.11 bits per heavy atom. The summed E-state index contributed by atoms with van der Waals surface area (Å²) in [6.45, 7) is 4.14. The third kappa shape index (κ3) is 6.94. The summed E-state index contributed by atoms with van der Waals surface area (Å²) in [5, 5.41) is 4.50. The van der Waals surface area contributed by atoms with E-state index in [0.29, 0.717) is 34.5 Å². The van der Waals surface area contributed by atoms with Crippen LogP contribution in [0.5, 0.6) is 6.01 Å². The van der Waals surface area contributed by atoms with Crippen LogP contribution in [0.25, 0.3) is 11.3 Å². The molecule has 3 rings (SSSR count). The lowest BCUT2D eigenvalue weighted by atomic mass is 9.83. The molecule has 0 spiro atoms. The molecule has 2 N–H and O–H groups in total. The lowest BCUT2D eigenvalue weighted by molar-refractivity contribution is -0.123. The maximum atomic E-state index is 12.9. The molecule has 0 aliphatic carbocycles. The van der Waals surface area contributed by atoms with E-state index in [-0.39, 0.29) is 11.9 Å². The second kappa shape index (κ2) is 12.0. The highest BCUT2D eigenvalue weighted by Crippen LogP contribution is 2.29. The van der Waals surface area contributed by atoms with Crippen molar-refractivity contribution in [2.45, 2.75) is 25.7 Å². The minimum atomic E-state index is -1.62. The van der Waals surface area contributed by atoms with E-state index in [4.69, 9.17) is 27.9 Å². The molecule has 2 aromatic carbocycles. The van der Waals surface area contributed by atoms with Gasteiger partial charge in [-0.2, -0.15) is 9.97 Å². The van der Waals surface area contributed by atoms with Gasteiger partial charge in [-0.05, 0) is 49.6 Å². The molecule has 1 heterocycles. The second-order valence-corrected chi connectivity index (χ2v) is 11.0. The molecule has 1 atom stereocenters. The molecule has 11 heteroatoms. The van der Waals surface area contributed by atoms with Crippen LogP contribution >= 0.6 is 23.2 Å². The van der Waals surface area contributed by atoms with Gasteiger partial charge in [-0.15, -0.1) is 0 Å². The number of amides is 1. The minimum Gasteiger partial charge on any atom is -0.467 e. The predicted molar refractivity (Wildman–Crippen MR) is 146 cm³/mol. The minimum absolute atomic E-state index is 0.211. The maximum absolute atomic E-state index is 12.9. The van der Waals surface area contributed by atoms with Crippen molar-refractivity contribution in [1.29, 1.82) is 0 Å². The number of nitrogens with one attached hydrogen (secondary N) is 2. The van der Waals surface area contributed by atoms with Crippen LogP contribution in [0.4, 0.5) is 5.82 Å². The molecule has 1 unspecified atom stereocenters. The topological polar surface area (TPSA) is 96.4 Å². The predicted octanol–water partition coefficient (Wildman–Crippen LogP) is 4.65. The van der Waals surface area contributed by atoms with Crippen molar-refractivity contribution in [3.63, 3.8) is 0 Å². The van der Waals surface area contributed by atoms with Crippen molar-refractivity contribution >= 4 is 46.1 Å². The Morgan fingerprint density at radius 2 is 1.86 bits per heavy atom. The Balaban J connectivity index is 1.82. The number of carbonyl (C=O) groups is 1. The SMILES string of the molecule is COc1nc(NCCc2ccc(Cl)cc2Cl)cc(-c2cccc(C(C)(C)C(=O)NS(=O)N(C)C)c2)n1. The summed E-state index contributed by atoms with van der Waals surface area (Å²) < 4.78 is 21.4. The van der Waals surface area contributed by atoms with Crippen molar-refractivity contribution in [2.24, 2.45) is 0 Å². The Bertz CT molecular complexity index is 1270. The number of nitrogens with zero attached hydrogens (tertiary/aromatic N) is 3. The number of rotatable bonds is 10. The first-order valence-corrected chi connectivity index (χ1v) is 13.0. The van der Waals surface area contributed by atoms with E-state index in [2.05, 4.69) is 20.0 Å². The summed E-state index contributed by atoms with van der Waals surface area (Å²) in [6.07, 6.45) is 0.671. The van der Waals surface area contributed by atoms with Crippen LogP contribution in [0.3, 0.4) is 0 Å². The average Bonchev–Trinajstić information content (AvgIpc) is 2.85. The van der Waals surface area contributed by atoms with Crippen molar-refractivity contribution in [3.8, 4) is 17.3 Å². The van der Waals surface area contributed by atoms with E-state index in [9.17, 15) is 9.00 Å². The van der Waals surface area contributed by atoms with Crippen molar-refractivity contribution in [3.05, 3.63) is 69.7 Å². The van der Waals surface area contributed by atoms with E-state index in [0.717, 1.165) is 16.7 Å². The first-order valence-electron chi connectivity index (χ1n) is 11.1. The zero-order valence-electron chi connectivity index (χ0n) is 20.8. The lowest BCUT2D eigenvalue weighted by Gasteiger charge is -2.25. The Labute approximate surface area is 224 Å². The molecular weight excluding hydrogens is 521 g/mol. The summed E-state index contributed by atoms with van der Waals surface area (Å²) >= 11 is 10.6. The smallest absolute Gasteiger partial charge is 0.318 e. The van der Waals surface area contributed by atoms with Gasteiger partial charge < -0.3 is 10.1 Å².